The van der Waals surface area contributed by atoms with E-state index in [4.69, 9.17) is 5.26 Å². The first-order valence-corrected chi connectivity index (χ1v) is 6.09. The lowest BCUT2D eigenvalue weighted by atomic mass is 9.94. The van der Waals surface area contributed by atoms with E-state index in [2.05, 4.69) is 45.7 Å². The fourth-order valence-electron chi connectivity index (χ4n) is 1.33. The maximum absolute atomic E-state index is 9.08. The molecule has 1 aromatic rings. The van der Waals surface area contributed by atoms with E-state index in [1.54, 1.807) is 11.3 Å². The Morgan fingerprint density at radius 3 is 2.33 bits per heavy atom. The second kappa shape index (κ2) is 4.32. The molecule has 0 radical (unpaired) electrons. The van der Waals surface area contributed by atoms with Gasteiger partial charge in [0.1, 0.15) is 0 Å². The Kier molecular flexibility index (Phi) is 3.51. The molecule has 0 N–H and O–H groups in total. The lowest BCUT2D eigenvalue weighted by Gasteiger charge is -2.14. The van der Waals surface area contributed by atoms with Gasteiger partial charge in [0.05, 0.1) is 22.7 Å². The Morgan fingerprint density at radius 1 is 1.40 bits per heavy atom. The first-order valence-electron chi connectivity index (χ1n) is 5.21. The van der Waals surface area contributed by atoms with Crippen LogP contribution in [0.25, 0.3) is 0 Å². The average Bonchev–Trinajstić information content (AvgIpc) is 2.52. The summed E-state index contributed by atoms with van der Waals surface area (Å²) in [5.41, 5.74) is 1.02. The monoisotopic (exact) mass is 222 g/mol. The number of rotatable bonds is 2. The quantitative estimate of drug-likeness (QED) is 0.765. The van der Waals surface area contributed by atoms with Gasteiger partial charge in [0, 0.05) is 10.8 Å². The van der Waals surface area contributed by atoms with Gasteiger partial charge in [-0.25, -0.2) is 4.98 Å². The van der Waals surface area contributed by atoms with Gasteiger partial charge in [0.25, 0.3) is 0 Å². The van der Waals surface area contributed by atoms with E-state index < -0.39 is 0 Å². The Bertz CT molecular complexity index is 366. The Hall–Kier alpha value is -0.880. The zero-order valence-corrected chi connectivity index (χ0v) is 10.9. The number of hydrogen-bond acceptors (Lipinski definition) is 3. The van der Waals surface area contributed by atoms with Gasteiger partial charge in [-0.1, -0.05) is 34.6 Å². The van der Waals surface area contributed by atoms with Crippen molar-refractivity contribution < 1.29 is 0 Å². The van der Waals surface area contributed by atoms with E-state index in [9.17, 15) is 0 Å². The summed E-state index contributed by atoms with van der Waals surface area (Å²) in [5.74, 6) is 0.252. The molecule has 0 saturated heterocycles. The summed E-state index contributed by atoms with van der Waals surface area (Å²) in [6.45, 7) is 10.6. The Morgan fingerprint density at radius 2 is 2.00 bits per heavy atom. The van der Waals surface area contributed by atoms with Crippen molar-refractivity contribution in [2.45, 2.75) is 46.0 Å². The van der Waals surface area contributed by atoms with Crippen LogP contribution in [0.3, 0.4) is 0 Å². The molecule has 1 atom stereocenters. The van der Waals surface area contributed by atoms with Gasteiger partial charge in [-0.15, -0.1) is 11.3 Å². The summed E-state index contributed by atoms with van der Waals surface area (Å²) in [6.07, 6.45) is 0. The zero-order chi connectivity index (χ0) is 11.6. The normalized spacial score (nSPS) is 13.9. The molecule has 1 aromatic heterocycles. The second-order valence-corrected chi connectivity index (χ2v) is 6.04. The van der Waals surface area contributed by atoms with E-state index in [-0.39, 0.29) is 11.3 Å². The first kappa shape index (κ1) is 12.2. The van der Waals surface area contributed by atoms with E-state index in [0.29, 0.717) is 5.92 Å². The van der Waals surface area contributed by atoms with Crippen molar-refractivity contribution in [3.05, 3.63) is 16.1 Å². The van der Waals surface area contributed by atoms with Crippen LogP contribution in [-0.4, -0.2) is 4.98 Å². The van der Waals surface area contributed by atoms with Crippen molar-refractivity contribution >= 4 is 11.3 Å². The molecule has 0 saturated carbocycles. The van der Waals surface area contributed by atoms with Crippen molar-refractivity contribution in [1.29, 1.82) is 5.26 Å². The highest BCUT2D eigenvalue weighted by Crippen LogP contribution is 2.30. The minimum absolute atomic E-state index is 0.0719. The highest BCUT2D eigenvalue weighted by Gasteiger charge is 2.22. The van der Waals surface area contributed by atoms with Crippen LogP contribution in [0, 0.1) is 17.2 Å². The molecule has 0 fully saturated rings. The summed E-state index contributed by atoms with van der Waals surface area (Å²) < 4.78 is 0. The molecule has 0 spiro atoms. The lowest BCUT2D eigenvalue weighted by molar-refractivity contribution is 0.556. The molecule has 3 heteroatoms. The lowest BCUT2D eigenvalue weighted by Crippen LogP contribution is -2.12. The summed E-state index contributed by atoms with van der Waals surface area (Å²) in [7, 11) is 0. The Balaban J connectivity index is 2.99. The fraction of sp³-hybridized carbons (Fsp3) is 0.667. The predicted octanol–water partition coefficient (Wildman–Crippen LogP) is 3.70. The first-order chi connectivity index (χ1) is 6.86. The number of nitrogens with zero attached hydrogens (tertiary/aromatic N) is 2. The predicted molar refractivity (Wildman–Crippen MR) is 64.0 cm³/mol. The number of aromatic nitrogens is 1. The number of hydrogen-bond donors (Lipinski definition) is 0. The highest BCUT2D eigenvalue weighted by molar-refractivity contribution is 7.09. The van der Waals surface area contributed by atoms with Gasteiger partial charge in [-0.2, -0.15) is 5.26 Å². The van der Waals surface area contributed by atoms with Crippen LogP contribution in [0.4, 0.5) is 0 Å². The van der Waals surface area contributed by atoms with Crippen molar-refractivity contribution in [2.75, 3.05) is 0 Å². The third-order valence-electron chi connectivity index (χ3n) is 2.29. The van der Waals surface area contributed by atoms with Crippen LogP contribution in [0.5, 0.6) is 0 Å². The minimum atomic E-state index is -0.0719. The third-order valence-corrected chi connectivity index (χ3v) is 3.57. The zero-order valence-electron chi connectivity index (χ0n) is 10.0. The summed E-state index contributed by atoms with van der Waals surface area (Å²) >= 11 is 1.66. The van der Waals surface area contributed by atoms with Crippen LogP contribution >= 0.6 is 11.3 Å². The average molecular weight is 222 g/mol. The van der Waals surface area contributed by atoms with Crippen LogP contribution < -0.4 is 0 Å². The fourth-order valence-corrected chi connectivity index (χ4v) is 2.27. The summed E-state index contributed by atoms with van der Waals surface area (Å²) in [5, 5.41) is 12.2. The Labute approximate surface area is 96.0 Å². The molecule has 0 amide bonds. The SMILES string of the molecule is CC(C)C(C#N)c1csc(C(C)(C)C)n1. The molecular formula is C12H18N2S. The summed E-state index contributed by atoms with van der Waals surface area (Å²) in [4.78, 5) is 4.57. The van der Waals surface area contributed by atoms with Gasteiger partial charge < -0.3 is 0 Å². The highest BCUT2D eigenvalue weighted by atomic mass is 32.1. The molecule has 82 valence electrons. The van der Waals surface area contributed by atoms with E-state index in [0.717, 1.165) is 10.7 Å². The van der Waals surface area contributed by atoms with Crippen LogP contribution in [0.2, 0.25) is 0 Å². The molecule has 1 heterocycles. The topological polar surface area (TPSA) is 36.7 Å². The van der Waals surface area contributed by atoms with Crippen molar-refractivity contribution in [1.82, 2.24) is 4.98 Å². The van der Waals surface area contributed by atoms with Crippen LogP contribution in [-0.2, 0) is 5.41 Å². The molecule has 1 rings (SSSR count). The molecule has 0 aliphatic rings. The third kappa shape index (κ3) is 2.79. The van der Waals surface area contributed by atoms with Crippen molar-refractivity contribution in [2.24, 2.45) is 5.92 Å². The van der Waals surface area contributed by atoms with E-state index in [1.807, 2.05) is 5.38 Å². The minimum Gasteiger partial charge on any atom is -0.244 e. The standard InChI is InChI=1S/C12H18N2S/c1-8(2)9(6-13)10-7-15-11(14-10)12(3,4)5/h7-9H,1-5H3. The van der Waals surface area contributed by atoms with Gasteiger partial charge in [-0.05, 0) is 5.92 Å². The van der Waals surface area contributed by atoms with Crippen molar-refractivity contribution in [3.63, 3.8) is 0 Å². The van der Waals surface area contributed by atoms with Gasteiger partial charge in [0.2, 0.25) is 0 Å². The smallest absolute Gasteiger partial charge is 0.0982 e. The molecular weight excluding hydrogens is 204 g/mol. The molecule has 2 nitrogen and oxygen atoms in total. The second-order valence-electron chi connectivity index (χ2n) is 5.18. The van der Waals surface area contributed by atoms with Gasteiger partial charge >= 0.3 is 0 Å². The van der Waals surface area contributed by atoms with Gasteiger partial charge in [0.15, 0.2) is 0 Å². The van der Waals surface area contributed by atoms with Crippen LogP contribution in [0.1, 0.15) is 51.2 Å². The molecule has 15 heavy (non-hydrogen) atoms. The van der Waals surface area contributed by atoms with Crippen molar-refractivity contribution in [3.8, 4) is 6.07 Å². The molecule has 0 bridgehead atoms. The maximum atomic E-state index is 9.08. The van der Waals surface area contributed by atoms with E-state index in [1.165, 1.54) is 0 Å². The number of nitriles is 1. The molecule has 0 aromatic carbocycles. The van der Waals surface area contributed by atoms with Gasteiger partial charge in [-0.3, -0.25) is 0 Å². The molecule has 0 aliphatic carbocycles. The molecule has 0 aliphatic heterocycles. The summed E-state index contributed by atoms with van der Waals surface area (Å²) in [6, 6.07) is 2.33. The van der Waals surface area contributed by atoms with E-state index >= 15 is 0 Å². The number of thiazole rings is 1. The maximum Gasteiger partial charge on any atom is 0.0982 e. The largest absolute Gasteiger partial charge is 0.244 e. The van der Waals surface area contributed by atoms with Crippen LogP contribution in [0.15, 0.2) is 5.38 Å². The molecule has 1 unspecified atom stereocenters.